The maximum Gasteiger partial charge on any atom is 0.258 e. The third-order valence-electron chi connectivity index (χ3n) is 6.50. The highest BCUT2D eigenvalue weighted by Crippen LogP contribution is 2.24. The van der Waals surface area contributed by atoms with Crippen molar-refractivity contribution < 1.29 is 14.7 Å². The molecule has 5 rings (SSSR count). The molecule has 3 aromatic carbocycles. The van der Waals surface area contributed by atoms with Crippen LogP contribution in [0.2, 0.25) is 0 Å². The van der Waals surface area contributed by atoms with Gasteiger partial charge in [-0.2, -0.15) is 5.10 Å². The van der Waals surface area contributed by atoms with E-state index in [2.05, 4.69) is 32.8 Å². The molecule has 0 atom stereocenters. The van der Waals surface area contributed by atoms with E-state index in [4.69, 9.17) is 0 Å². The van der Waals surface area contributed by atoms with Crippen LogP contribution in [0.15, 0.2) is 85.2 Å². The van der Waals surface area contributed by atoms with Gasteiger partial charge in [-0.3, -0.25) is 14.3 Å². The Morgan fingerprint density at radius 2 is 1.35 bits per heavy atom. The summed E-state index contributed by atoms with van der Waals surface area (Å²) in [4.78, 5) is 27.5. The van der Waals surface area contributed by atoms with Crippen molar-refractivity contribution in [3.63, 3.8) is 0 Å². The van der Waals surface area contributed by atoms with E-state index in [9.17, 15) is 14.7 Å². The monoisotopic (exact) mass is 495 g/mol. The molecule has 2 heterocycles. The van der Waals surface area contributed by atoms with Gasteiger partial charge in [-0.15, -0.1) is 0 Å². The minimum atomic E-state index is -0.253. The van der Waals surface area contributed by atoms with Crippen molar-refractivity contribution in [2.24, 2.45) is 7.05 Å². The Hall–Kier alpha value is -4.43. The Labute approximate surface area is 215 Å². The first kappa shape index (κ1) is 24.3. The van der Waals surface area contributed by atoms with Gasteiger partial charge in [-0.1, -0.05) is 0 Å². The SMILES string of the molecule is Cn1cc(C(=O)Nc2ccc(C(=O)c3ccc(Nc4ccc(N5CCC(O)CC5)cc4)cc3)cc2)cn1. The minimum absolute atomic E-state index is 0.0901. The number of ketones is 1. The second kappa shape index (κ2) is 10.7. The van der Waals surface area contributed by atoms with Crippen LogP contribution in [0.1, 0.15) is 39.1 Å². The third kappa shape index (κ3) is 5.87. The molecule has 4 aromatic rings. The lowest BCUT2D eigenvalue weighted by atomic mass is 10.0. The maximum atomic E-state index is 12.9. The fraction of sp³-hybridized carbons (Fsp3) is 0.207. The standard InChI is InChI=1S/C29H29N5O3/c1-33-19-22(18-30-33)29(37)32-25-8-4-21(5-9-25)28(36)20-2-6-23(7-3-20)31-24-10-12-26(13-11-24)34-16-14-27(35)15-17-34/h2-13,18-19,27,31,35H,14-17H2,1H3,(H,32,37). The zero-order valence-electron chi connectivity index (χ0n) is 20.6. The second-order valence-corrected chi connectivity index (χ2v) is 9.23. The smallest absolute Gasteiger partial charge is 0.258 e. The Kier molecular flexibility index (Phi) is 7.00. The molecule has 1 aliphatic heterocycles. The number of carbonyl (C=O) groups excluding carboxylic acids is 2. The van der Waals surface area contributed by atoms with Crippen LogP contribution in [-0.2, 0) is 7.05 Å². The lowest BCUT2D eigenvalue weighted by molar-refractivity contribution is 0.102. The molecule has 1 amide bonds. The molecule has 1 fully saturated rings. The van der Waals surface area contributed by atoms with Crippen LogP contribution in [0, 0.1) is 0 Å². The minimum Gasteiger partial charge on any atom is -0.393 e. The molecule has 37 heavy (non-hydrogen) atoms. The van der Waals surface area contributed by atoms with E-state index in [1.807, 2.05) is 24.3 Å². The fourth-order valence-corrected chi connectivity index (χ4v) is 4.36. The molecule has 0 bridgehead atoms. The number of carbonyl (C=O) groups is 2. The van der Waals surface area contributed by atoms with E-state index in [0.29, 0.717) is 22.4 Å². The van der Waals surface area contributed by atoms with Crippen molar-refractivity contribution in [2.45, 2.75) is 18.9 Å². The first-order chi connectivity index (χ1) is 17.9. The van der Waals surface area contributed by atoms with Gasteiger partial charge in [-0.05, 0) is 85.6 Å². The highest BCUT2D eigenvalue weighted by molar-refractivity contribution is 6.09. The Morgan fingerprint density at radius 3 is 1.89 bits per heavy atom. The van der Waals surface area contributed by atoms with Gasteiger partial charge in [0.05, 0.1) is 17.9 Å². The predicted octanol–water partition coefficient (Wildman–Crippen LogP) is 4.61. The van der Waals surface area contributed by atoms with Crippen molar-refractivity contribution in [1.82, 2.24) is 9.78 Å². The Morgan fingerprint density at radius 1 is 0.811 bits per heavy atom. The summed E-state index contributed by atoms with van der Waals surface area (Å²) in [5, 5.41) is 19.9. The van der Waals surface area contributed by atoms with Gasteiger partial charge >= 0.3 is 0 Å². The molecule has 1 saturated heterocycles. The van der Waals surface area contributed by atoms with Crippen LogP contribution in [0.3, 0.4) is 0 Å². The summed E-state index contributed by atoms with van der Waals surface area (Å²) in [5.41, 5.74) is 5.20. The van der Waals surface area contributed by atoms with Gasteiger partial charge in [0.1, 0.15) is 0 Å². The average Bonchev–Trinajstić information content (AvgIpc) is 3.37. The fourth-order valence-electron chi connectivity index (χ4n) is 4.36. The topological polar surface area (TPSA) is 99.5 Å². The molecular formula is C29H29N5O3. The Bertz CT molecular complexity index is 1370. The summed E-state index contributed by atoms with van der Waals surface area (Å²) < 4.78 is 1.57. The number of nitrogens with one attached hydrogen (secondary N) is 2. The molecule has 8 nitrogen and oxygen atoms in total. The number of aromatic nitrogens is 2. The summed E-state index contributed by atoms with van der Waals surface area (Å²) in [6, 6.07) is 22.5. The number of piperidine rings is 1. The summed E-state index contributed by atoms with van der Waals surface area (Å²) in [5.74, 6) is -0.344. The van der Waals surface area contributed by atoms with Crippen LogP contribution < -0.4 is 15.5 Å². The molecule has 0 aliphatic carbocycles. The summed E-state index contributed by atoms with van der Waals surface area (Å²) in [7, 11) is 1.75. The largest absolute Gasteiger partial charge is 0.393 e. The molecule has 0 spiro atoms. The molecule has 0 saturated carbocycles. The number of aryl methyl sites for hydroxylation is 1. The van der Waals surface area contributed by atoms with E-state index in [1.54, 1.807) is 54.3 Å². The highest BCUT2D eigenvalue weighted by atomic mass is 16.3. The molecular weight excluding hydrogens is 466 g/mol. The number of aliphatic hydroxyl groups is 1. The van der Waals surface area contributed by atoms with Gasteiger partial charge in [0.2, 0.25) is 0 Å². The zero-order valence-corrected chi connectivity index (χ0v) is 20.6. The first-order valence-corrected chi connectivity index (χ1v) is 12.3. The number of benzene rings is 3. The van der Waals surface area contributed by atoms with E-state index in [-0.39, 0.29) is 17.8 Å². The lowest BCUT2D eigenvalue weighted by Crippen LogP contribution is -2.35. The normalized spacial score (nSPS) is 13.8. The number of hydrogen-bond donors (Lipinski definition) is 3. The van der Waals surface area contributed by atoms with Crippen molar-refractivity contribution >= 4 is 34.4 Å². The zero-order chi connectivity index (χ0) is 25.8. The molecule has 1 aliphatic rings. The first-order valence-electron chi connectivity index (χ1n) is 12.3. The lowest BCUT2D eigenvalue weighted by Gasteiger charge is -2.31. The molecule has 0 unspecified atom stereocenters. The molecule has 3 N–H and O–H groups in total. The maximum absolute atomic E-state index is 12.9. The van der Waals surface area contributed by atoms with Gasteiger partial charge in [0.25, 0.3) is 5.91 Å². The number of nitrogens with zero attached hydrogens (tertiary/aromatic N) is 3. The van der Waals surface area contributed by atoms with Crippen LogP contribution in [0.5, 0.6) is 0 Å². The van der Waals surface area contributed by atoms with Gasteiger partial charge in [-0.25, -0.2) is 0 Å². The van der Waals surface area contributed by atoms with Crippen LogP contribution in [0.25, 0.3) is 0 Å². The number of rotatable bonds is 7. The van der Waals surface area contributed by atoms with Crippen molar-refractivity contribution in [1.29, 1.82) is 0 Å². The number of amides is 1. The number of hydrogen-bond acceptors (Lipinski definition) is 6. The summed E-state index contributed by atoms with van der Waals surface area (Å²) >= 11 is 0. The summed E-state index contributed by atoms with van der Waals surface area (Å²) in [6.45, 7) is 1.73. The van der Waals surface area contributed by atoms with Crippen molar-refractivity contribution in [3.05, 3.63) is 102 Å². The summed E-state index contributed by atoms with van der Waals surface area (Å²) in [6.07, 6.45) is 4.57. The van der Waals surface area contributed by atoms with Gasteiger partial charge < -0.3 is 20.6 Å². The van der Waals surface area contributed by atoms with Crippen LogP contribution in [0.4, 0.5) is 22.7 Å². The molecule has 8 heteroatoms. The third-order valence-corrected chi connectivity index (χ3v) is 6.50. The second-order valence-electron chi connectivity index (χ2n) is 9.23. The van der Waals surface area contributed by atoms with Crippen LogP contribution >= 0.6 is 0 Å². The van der Waals surface area contributed by atoms with E-state index >= 15 is 0 Å². The van der Waals surface area contributed by atoms with E-state index < -0.39 is 0 Å². The molecule has 0 radical (unpaired) electrons. The molecule has 188 valence electrons. The quantitative estimate of drug-likeness (QED) is 0.324. The van der Waals surface area contributed by atoms with Crippen LogP contribution in [-0.4, -0.2) is 45.8 Å². The van der Waals surface area contributed by atoms with E-state index in [0.717, 1.165) is 43.0 Å². The average molecular weight is 496 g/mol. The Balaban J connectivity index is 1.17. The van der Waals surface area contributed by atoms with Gasteiger partial charge in [0, 0.05) is 60.2 Å². The predicted molar refractivity (Wildman–Crippen MR) is 145 cm³/mol. The van der Waals surface area contributed by atoms with Gasteiger partial charge in [0.15, 0.2) is 5.78 Å². The van der Waals surface area contributed by atoms with E-state index in [1.165, 1.54) is 6.20 Å². The number of anilines is 4. The van der Waals surface area contributed by atoms with Crippen molar-refractivity contribution in [3.8, 4) is 0 Å². The molecule has 1 aromatic heterocycles. The highest BCUT2D eigenvalue weighted by Gasteiger charge is 2.17. The number of aliphatic hydroxyl groups excluding tert-OH is 1. The van der Waals surface area contributed by atoms with Crippen molar-refractivity contribution in [2.75, 3.05) is 28.6 Å².